The smallest absolute Gasteiger partial charge is 0.0755 e. The Bertz CT molecular complexity index is 6770. The predicted molar refractivity (Wildman–Crippen MR) is 465 cm³/mol. The molecule has 18 aromatic rings. The number of hydrogen-bond acceptors (Lipinski definition) is 3. The molecule has 1 unspecified atom stereocenters. The molecule has 0 radical (unpaired) electrons. The summed E-state index contributed by atoms with van der Waals surface area (Å²) in [4.78, 5) is 7.48. The van der Waals surface area contributed by atoms with Crippen LogP contribution in [-0.4, -0.2) is 0 Å². The average Bonchev–Trinajstić information content (AvgIpc) is 1.55. The number of fused-ring (bicyclic) bond motifs is 21. The van der Waals surface area contributed by atoms with E-state index in [4.69, 9.17) is 0 Å². The van der Waals surface area contributed by atoms with Gasteiger partial charge in [-0.1, -0.05) is 311 Å². The van der Waals surface area contributed by atoms with Crippen molar-refractivity contribution in [2.75, 3.05) is 14.7 Å². The highest BCUT2D eigenvalue weighted by molar-refractivity contribution is 6.26. The third-order valence-corrected chi connectivity index (χ3v) is 25.1. The van der Waals surface area contributed by atoms with E-state index in [1.165, 1.54) is 161 Å². The molecule has 0 fully saturated rings. The van der Waals surface area contributed by atoms with Crippen molar-refractivity contribution in [2.45, 2.75) is 37.0 Å². The lowest BCUT2D eigenvalue weighted by Gasteiger charge is -2.45. The topological polar surface area (TPSA) is 9.72 Å². The zero-order valence-electron chi connectivity index (χ0n) is 61.9. The zero-order valence-corrected chi connectivity index (χ0v) is 61.9. The maximum absolute atomic E-state index is 2.52. The van der Waals surface area contributed by atoms with E-state index in [-0.39, 0.29) is 10.8 Å². The second-order valence-corrected chi connectivity index (χ2v) is 31.1. The van der Waals surface area contributed by atoms with Gasteiger partial charge >= 0.3 is 0 Å². The minimum atomic E-state index is -0.634. The fourth-order valence-electron chi connectivity index (χ4n) is 20.0. The highest BCUT2D eigenvalue weighted by Gasteiger charge is 2.52. The molecule has 3 nitrogen and oxygen atoms in total. The van der Waals surface area contributed by atoms with Crippen LogP contribution in [0.1, 0.15) is 70.8 Å². The summed E-state index contributed by atoms with van der Waals surface area (Å²) >= 11 is 0. The summed E-state index contributed by atoms with van der Waals surface area (Å²) in [6.07, 6.45) is 0. The highest BCUT2D eigenvalue weighted by Crippen LogP contribution is 2.65. The van der Waals surface area contributed by atoms with Gasteiger partial charge in [0.15, 0.2) is 0 Å². The Kier molecular flexibility index (Phi) is 14.4. The van der Waals surface area contributed by atoms with Crippen molar-refractivity contribution in [3.8, 4) is 66.8 Å². The number of hydrogen-bond donors (Lipinski definition) is 0. The molecule has 1 atom stereocenters. The third-order valence-electron chi connectivity index (χ3n) is 25.1. The molecular formula is C108H75N3. The summed E-state index contributed by atoms with van der Waals surface area (Å²) in [5.74, 6) is 0. The van der Waals surface area contributed by atoms with Crippen LogP contribution in [0, 0.1) is 0 Å². The fraction of sp³-hybridized carbons (Fsp3) is 0.0556. The molecule has 0 N–H and O–H groups in total. The average molecular weight is 1410 g/mol. The molecule has 1 heterocycles. The van der Waals surface area contributed by atoms with Crippen molar-refractivity contribution in [1.29, 1.82) is 0 Å². The van der Waals surface area contributed by atoms with E-state index in [1.54, 1.807) is 0 Å². The molecule has 3 aliphatic carbocycles. The maximum Gasteiger partial charge on any atom is 0.0755 e. The number of para-hydroxylation sites is 4. The fourth-order valence-corrected chi connectivity index (χ4v) is 20.0. The largest absolute Gasteiger partial charge is 0.310 e. The monoisotopic (exact) mass is 1410 g/mol. The van der Waals surface area contributed by atoms with Gasteiger partial charge in [-0.15, -0.1) is 0 Å². The first kappa shape index (κ1) is 64.3. The maximum atomic E-state index is 2.52. The molecule has 4 aliphatic rings. The molecule has 111 heavy (non-hydrogen) atoms. The van der Waals surface area contributed by atoms with E-state index in [2.05, 4.69) is 436 Å². The van der Waals surface area contributed by atoms with Gasteiger partial charge in [-0.25, -0.2) is 0 Å². The van der Waals surface area contributed by atoms with Gasteiger partial charge in [0.25, 0.3) is 0 Å². The minimum absolute atomic E-state index is 0.299. The predicted octanol–water partition coefficient (Wildman–Crippen LogP) is 28.9. The lowest BCUT2D eigenvalue weighted by molar-refractivity contribution is 0.660. The van der Waals surface area contributed by atoms with Crippen molar-refractivity contribution < 1.29 is 0 Å². The second-order valence-electron chi connectivity index (χ2n) is 31.1. The standard InChI is InChI=1S/C108H75N3/c1-106(2)95-63-51-74(65-94(95)91-62-57-80(67-100(91)106)110(103-45-25-20-36-82(103)72-30-10-5-11-31-72)81-56-60-89-87-39-18-21-41-96(87)107(3,101(89)68-81)75-32-12-6-13-33-75)73-50-58-85-83-37-16-17-38-84(83)93-66-78(54-59-86(93)92(85)64-73)109(77-52-48-71(49-53-77)70-28-8-4-9-29-70)79-55-61-90-88-40-19-22-42-97(88)108(102(90)69-79)98-43-23-26-46-104(98)111(76-34-14-7-15-35-76)105-47-27-24-44-99(105)108/h4-69H,1-3H3. The lowest BCUT2D eigenvalue weighted by Crippen LogP contribution is -2.36. The molecule has 0 bridgehead atoms. The van der Waals surface area contributed by atoms with Gasteiger partial charge < -0.3 is 14.7 Å². The molecular weight excluding hydrogens is 1340 g/mol. The number of nitrogens with zero attached hydrogens (tertiary/aromatic N) is 3. The van der Waals surface area contributed by atoms with Crippen LogP contribution in [0.2, 0.25) is 0 Å². The molecule has 0 saturated carbocycles. The van der Waals surface area contributed by atoms with Crippen LogP contribution in [-0.2, 0) is 16.2 Å². The molecule has 1 aliphatic heterocycles. The van der Waals surface area contributed by atoms with Crippen LogP contribution >= 0.6 is 0 Å². The zero-order chi connectivity index (χ0) is 73.7. The molecule has 18 aromatic carbocycles. The van der Waals surface area contributed by atoms with Crippen molar-refractivity contribution in [3.63, 3.8) is 0 Å². The van der Waals surface area contributed by atoms with Crippen LogP contribution in [0.4, 0.5) is 51.2 Å². The molecule has 522 valence electrons. The van der Waals surface area contributed by atoms with Crippen LogP contribution in [0.25, 0.3) is 99.1 Å². The summed E-state index contributed by atoms with van der Waals surface area (Å²) in [6.45, 7) is 7.25. The lowest BCUT2D eigenvalue weighted by atomic mass is 9.64. The Labute approximate surface area is 648 Å². The summed E-state index contributed by atoms with van der Waals surface area (Å²) in [6, 6.07) is 151. The van der Waals surface area contributed by atoms with Crippen LogP contribution < -0.4 is 14.7 Å². The first-order valence-electron chi connectivity index (χ1n) is 38.9. The van der Waals surface area contributed by atoms with Crippen LogP contribution in [0.3, 0.4) is 0 Å². The highest BCUT2D eigenvalue weighted by atomic mass is 15.2. The molecule has 3 heteroatoms. The summed E-state index contributed by atoms with van der Waals surface area (Å²) < 4.78 is 0. The van der Waals surface area contributed by atoms with E-state index in [0.717, 1.165) is 39.8 Å². The van der Waals surface area contributed by atoms with Gasteiger partial charge in [-0.3, -0.25) is 0 Å². The van der Waals surface area contributed by atoms with E-state index in [1.807, 2.05) is 0 Å². The molecule has 0 aromatic heterocycles. The Morgan fingerprint density at radius 3 is 1.32 bits per heavy atom. The minimum Gasteiger partial charge on any atom is -0.310 e. The van der Waals surface area contributed by atoms with E-state index in [0.29, 0.717) is 0 Å². The number of benzene rings is 18. The van der Waals surface area contributed by atoms with Gasteiger partial charge in [0.05, 0.1) is 22.5 Å². The molecule has 22 rings (SSSR count). The molecule has 0 amide bonds. The van der Waals surface area contributed by atoms with Gasteiger partial charge in [0.1, 0.15) is 0 Å². The molecule has 1 spiro atoms. The van der Waals surface area contributed by atoms with Crippen molar-refractivity contribution in [1.82, 2.24) is 0 Å². The SMILES string of the molecule is CC1(C)c2ccc(-c3ccc4c5ccccc5c5cc(N(c6ccc(-c7ccccc7)cc6)c6ccc7c(c6)C6(c8ccccc8-7)c7ccccc7N(c7ccccc7)c7ccccc76)ccc5c4c3)cc2-c2ccc(N(c3ccc4c(c3)C(C)(c3ccccc3)c3ccccc3-4)c3ccccc3-c3ccccc3)cc21. The van der Waals surface area contributed by atoms with E-state index < -0.39 is 5.41 Å². The molecule has 0 saturated heterocycles. The van der Waals surface area contributed by atoms with Crippen LogP contribution in [0.15, 0.2) is 400 Å². The Balaban J connectivity index is 0.678. The van der Waals surface area contributed by atoms with E-state index >= 15 is 0 Å². The van der Waals surface area contributed by atoms with Crippen molar-refractivity contribution in [2.24, 2.45) is 0 Å². The Morgan fingerprint density at radius 1 is 0.216 bits per heavy atom. The second kappa shape index (κ2) is 24.8. The van der Waals surface area contributed by atoms with Gasteiger partial charge in [-0.05, 0) is 254 Å². The van der Waals surface area contributed by atoms with Crippen molar-refractivity contribution >= 4 is 83.5 Å². The summed E-state index contributed by atoms with van der Waals surface area (Å²) in [5, 5.41) is 7.34. The first-order chi connectivity index (χ1) is 54.7. The Hall–Kier alpha value is -13.9. The van der Waals surface area contributed by atoms with Gasteiger partial charge in [0.2, 0.25) is 0 Å². The van der Waals surface area contributed by atoms with Crippen molar-refractivity contribution in [3.05, 3.63) is 450 Å². The summed E-state index contributed by atoms with van der Waals surface area (Å²) in [7, 11) is 0. The van der Waals surface area contributed by atoms with E-state index in [9.17, 15) is 0 Å². The third kappa shape index (κ3) is 9.59. The number of anilines is 9. The first-order valence-corrected chi connectivity index (χ1v) is 38.9. The van der Waals surface area contributed by atoms with Gasteiger partial charge in [-0.2, -0.15) is 0 Å². The Morgan fingerprint density at radius 2 is 0.631 bits per heavy atom. The normalized spacial score (nSPS) is 14.8. The van der Waals surface area contributed by atoms with Crippen LogP contribution in [0.5, 0.6) is 0 Å². The summed E-state index contributed by atoms with van der Waals surface area (Å²) in [5.41, 5.74) is 35.2. The quantitative estimate of drug-likeness (QED) is 0.120. The van der Waals surface area contributed by atoms with Gasteiger partial charge in [0, 0.05) is 50.5 Å². The number of rotatable bonds is 11.